The van der Waals surface area contributed by atoms with Gasteiger partial charge in [-0.2, -0.15) is 0 Å². The van der Waals surface area contributed by atoms with Crippen molar-refractivity contribution in [2.24, 2.45) is 5.92 Å². The lowest BCUT2D eigenvalue weighted by molar-refractivity contribution is -0.142. The molecule has 2 unspecified atom stereocenters. The van der Waals surface area contributed by atoms with Crippen LogP contribution in [0.25, 0.3) is 0 Å². The van der Waals surface area contributed by atoms with Crippen molar-refractivity contribution in [1.82, 2.24) is 5.32 Å². The summed E-state index contributed by atoms with van der Waals surface area (Å²) in [7, 11) is 0. The number of carboxylic acids is 1. The second-order valence-corrected chi connectivity index (χ2v) is 4.13. The number of hydrogen-bond acceptors (Lipinski definition) is 3. The predicted octanol–water partition coefficient (Wildman–Crippen LogP) is 1.50. The lowest BCUT2D eigenvalue weighted by Crippen LogP contribution is -2.42. The Bertz CT molecular complexity index is 183. The summed E-state index contributed by atoms with van der Waals surface area (Å²) in [5, 5.41) is 11.8. The maximum absolute atomic E-state index is 10.8. The van der Waals surface area contributed by atoms with Crippen molar-refractivity contribution in [3.05, 3.63) is 0 Å². The fourth-order valence-electron chi connectivity index (χ4n) is 0.977. The number of carboxylic acid groups (broad SMARTS) is 1. The van der Waals surface area contributed by atoms with Crippen LogP contribution in [-0.4, -0.2) is 36.4 Å². The summed E-state index contributed by atoms with van der Waals surface area (Å²) >= 11 is 0. The number of aliphatic carboxylic acids is 1. The van der Waals surface area contributed by atoms with Gasteiger partial charge in [0.1, 0.15) is 6.04 Å². The summed E-state index contributed by atoms with van der Waals surface area (Å²) in [4.78, 5) is 10.8. The third-order valence-corrected chi connectivity index (χ3v) is 2.40. The smallest absolute Gasteiger partial charge is 0.323 e. The molecule has 0 saturated carbocycles. The first-order chi connectivity index (χ1) is 6.99. The molecule has 0 aliphatic heterocycles. The molecule has 0 fully saturated rings. The molecular weight excluding hydrogens is 194 g/mol. The topological polar surface area (TPSA) is 58.6 Å². The van der Waals surface area contributed by atoms with E-state index in [1.54, 1.807) is 0 Å². The van der Waals surface area contributed by atoms with Crippen molar-refractivity contribution >= 4 is 5.97 Å². The molecule has 0 saturated heterocycles. The lowest BCUT2D eigenvalue weighted by atomic mass is 10.1. The van der Waals surface area contributed by atoms with E-state index in [9.17, 15) is 4.79 Å². The van der Waals surface area contributed by atoms with Crippen LogP contribution in [0.1, 0.15) is 34.1 Å². The average molecular weight is 217 g/mol. The van der Waals surface area contributed by atoms with Gasteiger partial charge in [-0.25, -0.2) is 0 Å². The SMILES string of the molecule is CCCNC(COC(C)C(C)C)C(=O)O. The van der Waals surface area contributed by atoms with Gasteiger partial charge in [0, 0.05) is 0 Å². The molecule has 0 aliphatic carbocycles. The van der Waals surface area contributed by atoms with Crippen LogP contribution in [0.3, 0.4) is 0 Å². The van der Waals surface area contributed by atoms with Crippen LogP contribution in [0.4, 0.5) is 0 Å². The molecule has 0 rings (SSSR count). The number of rotatable bonds is 8. The van der Waals surface area contributed by atoms with Gasteiger partial charge in [0.05, 0.1) is 12.7 Å². The van der Waals surface area contributed by atoms with E-state index in [4.69, 9.17) is 9.84 Å². The van der Waals surface area contributed by atoms with E-state index in [1.807, 2.05) is 13.8 Å². The standard InChI is InChI=1S/C11H23NO3/c1-5-6-12-10(11(13)14)7-15-9(4)8(2)3/h8-10,12H,5-7H2,1-4H3,(H,13,14). The Morgan fingerprint density at radius 1 is 1.40 bits per heavy atom. The van der Waals surface area contributed by atoms with Gasteiger partial charge >= 0.3 is 5.97 Å². The van der Waals surface area contributed by atoms with Crippen molar-refractivity contribution in [2.45, 2.75) is 46.3 Å². The fraction of sp³-hybridized carbons (Fsp3) is 0.909. The third kappa shape index (κ3) is 6.47. The molecule has 0 heterocycles. The van der Waals surface area contributed by atoms with E-state index in [2.05, 4.69) is 19.2 Å². The van der Waals surface area contributed by atoms with Crippen molar-refractivity contribution in [3.63, 3.8) is 0 Å². The van der Waals surface area contributed by atoms with Crippen LogP contribution in [0.15, 0.2) is 0 Å². The maximum atomic E-state index is 10.8. The Kier molecular flexibility index (Phi) is 7.34. The van der Waals surface area contributed by atoms with E-state index in [0.29, 0.717) is 12.5 Å². The van der Waals surface area contributed by atoms with Gasteiger partial charge in [0.25, 0.3) is 0 Å². The summed E-state index contributed by atoms with van der Waals surface area (Å²) < 4.78 is 5.48. The molecule has 0 radical (unpaired) electrons. The highest BCUT2D eigenvalue weighted by Crippen LogP contribution is 2.05. The maximum Gasteiger partial charge on any atom is 0.323 e. The zero-order chi connectivity index (χ0) is 11.8. The van der Waals surface area contributed by atoms with Crippen LogP contribution < -0.4 is 5.32 Å². The van der Waals surface area contributed by atoms with Gasteiger partial charge in [0.15, 0.2) is 0 Å². The largest absolute Gasteiger partial charge is 0.480 e. The van der Waals surface area contributed by atoms with E-state index >= 15 is 0 Å². The van der Waals surface area contributed by atoms with Gasteiger partial charge in [-0.05, 0) is 25.8 Å². The van der Waals surface area contributed by atoms with Crippen LogP contribution in [-0.2, 0) is 9.53 Å². The van der Waals surface area contributed by atoms with Crippen LogP contribution in [0, 0.1) is 5.92 Å². The predicted molar refractivity (Wildman–Crippen MR) is 60.0 cm³/mol. The molecule has 0 aromatic heterocycles. The minimum absolute atomic E-state index is 0.0928. The molecule has 2 N–H and O–H groups in total. The molecular formula is C11H23NO3. The molecule has 0 aliphatic rings. The fourth-order valence-corrected chi connectivity index (χ4v) is 0.977. The zero-order valence-corrected chi connectivity index (χ0v) is 10.1. The molecule has 0 aromatic rings. The summed E-state index contributed by atoms with van der Waals surface area (Å²) in [6, 6.07) is -0.592. The monoisotopic (exact) mass is 217 g/mol. The highest BCUT2D eigenvalue weighted by atomic mass is 16.5. The summed E-state index contributed by atoms with van der Waals surface area (Å²) in [6.07, 6.45) is 1.01. The van der Waals surface area contributed by atoms with Crippen molar-refractivity contribution in [1.29, 1.82) is 0 Å². The van der Waals surface area contributed by atoms with Gasteiger partial charge < -0.3 is 15.2 Å². The first kappa shape index (κ1) is 14.4. The molecule has 0 spiro atoms. The van der Waals surface area contributed by atoms with E-state index in [-0.39, 0.29) is 12.7 Å². The summed E-state index contributed by atoms with van der Waals surface area (Å²) in [5.41, 5.74) is 0. The summed E-state index contributed by atoms with van der Waals surface area (Å²) in [5.74, 6) is -0.440. The first-order valence-electron chi connectivity index (χ1n) is 5.56. The molecule has 90 valence electrons. The third-order valence-electron chi connectivity index (χ3n) is 2.40. The Labute approximate surface area is 92.0 Å². The molecule has 0 amide bonds. The number of ether oxygens (including phenoxy) is 1. The summed E-state index contributed by atoms with van der Waals surface area (Å²) in [6.45, 7) is 9.01. The number of nitrogens with one attached hydrogen (secondary N) is 1. The minimum Gasteiger partial charge on any atom is -0.480 e. The minimum atomic E-state index is -0.848. The van der Waals surface area contributed by atoms with Crippen molar-refractivity contribution in [3.8, 4) is 0 Å². The molecule has 4 nitrogen and oxygen atoms in total. The number of carbonyl (C=O) groups is 1. The Balaban J connectivity index is 3.90. The van der Waals surface area contributed by atoms with E-state index < -0.39 is 12.0 Å². The van der Waals surface area contributed by atoms with E-state index in [0.717, 1.165) is 6.42 Å². The molecule has 15 heavy (non-hydrogen) atoms. The van der Waals surface area contributed by atoms with Gasteiger partial charge in [-0.15, -0.1) is 0 Å². The molecule has 2 atom stereocenters. The molecule has 0 aromatic carbocycles. The average Bonchev–Trinajstić information content (AvgIpc) is 2.16. The van der Waals surface area contributed by atoms with Crippen LogP contribution in [0.5, 0.6) is 0 Å². The first-order valence-corrected chi connectivity index (χ1v) is 5.56. The van der Waals surface area contributed by atoms with Crippen LogP contribution >= 0.6 is 0 Å². The number of hydrogen-bond donors (Lipinski definition) is 2. The quantitative estimate of drug-likeness (QED) is 0.647. The van der Waals surface area contributed by atoms with Crippen molar-refractivity contribution < 1.29 is 14.6 Å². The highest BCUT2D eigenvalue weighted by Gasteiger charge is 2.18. The second-order valence-electron chi connectivity index (χ2n) is 4.13. The molecule has 0 bridgehead atoms. The van der Waals surface area contributed by atoms with Gasteiger partial charge in [0.2, 0.25) is 0 Å². The second kappa shape index (κ2) is 7.65. The lowest BCUT2D eigenvalue weighted by Gasteiger charge is -2.20. The van der Waals surface area contributed by atoms with Gasteiger partial charge in [-0.1, -0.05) is 20.8 Å². The van der Waals surface area contributed by atoms with Crippen molar-refractivity contribution in [2.75, 3.05) is 13.2 Å². The zero-order valence-electron chi connectivity index (χ0n) is 10.1. The Hall–Kier alpha value is -0.610. The normalized spacial score (nSPS) is 15.3. The Morgan fingerprint density at radius 2 is 2.00 bits per heavy atom. The van der Waals surface area contributed by atoms with Crippen LogP contribution in [0.2, 0.25) is 0 Å². The molecule has 4 heteroatoms. The highest BCUT2D eigenvalue weighted by molar-refractivity contribution is 5.73. The van der Waals surface area contributed by atoms with Gasteiger partial charge in [-0.3, -0.25) is 4.79 Å². The Morgan fingerprint density at radius 3 is 2.40 bits per heavy atom. The van der Waals surface area contributed by atoms with E-state index in [1.165, 1.54) is 0 Å².